The van der Waals surface area contributed by atoms with E-state index in [2.05, 4.69) is 31.9 Å². The van der Waals surface area contributed by atoms with Gasteiger partial charge in [0, 0.05) is 50.5 Å². The number of carbonyl (C=O) groups excluding carboxylic acids is 1. The highest BCUT2D eigenvalue weighted by atomic mass is 19.1. The van der Waals surface area contributed by atoms with E-state index >= 15 is 0 Å². The summed E-state index contributed by atoms with van der Waals surface area (Å²) in [5, 5.41) is 3.38. The van der Waals surface area contributed by atoms with Crippen molar-refractivity contribution in [2.75, 3.05) is 37.6 Å². The van der Waals surface area contributed by atoms with E-state index in [-0.39, 0.29) is 11.9 Å². The molecule has 1 N–H and O–H groups in total. The summed E-state index contributed by atoms with van der Waals surface area (Å²) in [7, 11) is 0. The molecule has 1 aliphatic rings. The zero-order valence-electron chi connectivity index (χ0n) is 18.7. The minimum atomic E-state index is -0.411. The molecule has 0 bridgehead atoms. The van der Waals surface area contributed by atoms with E-state index in [1.165, 1.54) is 12.1 Å². The summed E-state index contributed by atoms with van der Waals surface area (Å²) in [5.74, 6) is 0.306. The molecule has 2 aromatic heterocycles. The van der Waals surface area contributed by atoms with Crippen molar-refractivity contribution in [2.45, 2.75) is 33.7 Å². The highest BCUT2D eigenvalue weighted by molar-refractivity contribution is 6.03. The summed E-state index contributed by atoms with van der Waals surface area (Å²) in [6.07, 6.45) is 3.92. The van der Waals surface area contributed by atoms with Crippen molar-refractivity contribution < 1.29 is 9.18 Å². The van der Waals surface area contributed by atoms with E-state index in [0.29, 0.717) is 12.1 Å². The second kappa shape index (κ2) is 8.67. The van der Waals surface area contributed by atoms with Crippen LogP contribution in [0.15, 0.2) is 36.7 Å². The van der Waals surface area contributed by atoms with Crippen molar-refractivity contribution in [3.8, 4) is 11.1 Å². The van der Waals surface area contributed by atoms with Gasteiger partial charge in [0.2, 0.25) is 0 Å². The first-order chi connectivity index (χ1) is 14.9. The molecule has 0 saturated carbocycles. The standard InChI is InChI=1S/C24H30FN5O/c1-5-29(16(2)3)24(31)22-12-18(25)6-7-20(22)21-13-19(28-10-8-26-9-11-28)15-30-17(4)27-14-23(21)30/h6-7,12-16,26H,5,8-11H2,1-4H3. The molecule has 0 radical (unpaired) electrons. The Morgan fingerprint density at radius 1 is 1.23 bits per heavy atom. The smallest absolute Gasteiger partial charge is 0.254 e. The average molecular weight is 424 g/mol. The molecule has 1 aliphatic heterocycles. The van der Waals surface area contributed by atoms with Crippen molar-refractivity contribution in [1.82, 2.24) is 19.6 Å². The molecule has 164 valence electrons. The Balaban J connectivity index is 1.91. The van der Waals surface area contributed by atoms with Gasteiger partial charge in [-0.1, -0.05) is 6.07 Å². The highest BCUT2D eigenvalue weighted by Crippen LogP contribution is 2.34. The lowest BCUT2D eigenvalue weighted by molar-refractivity contribution is 0.0717. The summed E-state index contributed by atoms with van der Waals surface area (Å²) in [4.78, 5) is 22.0. The summed E-state index contributed by atoms with van der Waals surface area (Å²) in [5.41, 5.74) is 3.98. The number of hydrogen-bond donors (Lipinski definition) is 1. The Morgan fingerprint density at radius 3 is 2.65 bits per heavy atom. The zero-order chi connectivity index (χ0) is 22.1. The number of anilines is 1. The summed E-state index contributed by atoms with van der Waals surface area (Å²) >= 11 is 0. The number of rotatable bonds is 5. The van der Waals surface area contributed by atoms with Crippen LogP contribution in [0.3, 0.4) is 0 Å². The van der Waals surface area contributed by atoms with Crippen LogP contribution in [0.5, 0.6) is 0 Å². The van der Waals surface area contributed by atoms with Gasteiger partial charge in [0.25, 0.3) is 5.91 Å². The molecule has 1 fully saturated rings. The zero-order valence-corrected chi connectivity index (χ0v) is 18.7. The van der Waals surface area contributed by atoms with Gasteiger partial charge in [-0.2, -0.15) is 0 Å². The second-order valence-corrected chi connectivity index (χ2v) is 8.28. The predicted octanol–water partition coefficient (Wildman–Crippen LogP) is 3.73. The number of pyridine rings is 1. The molecule has 1 amide bonds. The molecule has 0 spiro atoms. The Kier molecular flexibility index (Phi) is 5.96. The quantitative estimate of drug-likeness (QED) is 0.680. The third kappa shape index (κ3) is 4.02. The molecule has 1 saturated heterocycles. The molecule has 6 nitrogen and oxygen atoms in total. The van der Waals surface area contributed by atoms with Crippen LogP contribution in [0.25, 0.3) is 16.6 Å². The largest absolute Gasteiger partial charge is 0.368 e. The molecule has 0 atom stereocenters. The lowest BCUT2D eigenvalue weighted by Crippen LogP contribution is -2.43. The number of amides is 1. The average Bonchev–Trinajstić information content (AvgIpc) is 3.15. The fourth-order valence-electron chi connectivity index (χ4n) is 4.34. The van der Waals surface area contributed by atoms with Gasteiger partial charge in [-0.25, -0.2) is 9.37 Å². The van der Waals surface area contributed by atoms with Crippen LogP contribution >= 0.6 is 0 Å². The van der Waals surface area contributed by atoms with Crippen LogP contribution in [0.1, 0.15) is 37.0 Å². The van der Waals surface area contributed by atoms with E-state index in [1.54, 1.807) is 11.0 Å². The molecule has 3 heterocycles. The van der Waals surface area contributed by atoms with Gasteiger partial charge in [-0.3, -0.25) is 4.79 Å². The minimum absolute atomic E-state index is 0.0260. The van der Waals surface area contributed by atoms with Crippen molar-refractivity contribution in [3.05, 3.63) is 53.9 Å². The molecular weight excluding hydrogens is 393 g/mol. The number of nitrogens with one attached hydrogen (secondary N) is 1. The first-order valence-corrected chi connectivity index (χ1v) is 10.9. The van der Waals surface area contributed by atoms with Crippen LogP contribution < -0.4 is 10.2 Å². The maximum atomic E-state index is 14.3. The number of hydrogen-bond acceptors (Lipinski definition) is 4. The van der Waals surface area contributed by atoms with E-state index < -0.39 is 5.82 Å². The van der Waals surface area contributed by atoms with Crippen LogP contribution in [-0.2, 0) is 0 Å². The van der Waals surface area contributed by atoms with Gasteiger partial charge >= 0.3 is 0 Å². The second-order valence-electron chi connectivity index (χ2n) is 8.28. The number of nitrogens with zero attached hydrogens (tertiary/aromatic N) is 4. The Morgan fingerprint density at radius 2 is 1.97 bits per heavy atom. The van der Waals surface area contributed by atoms with Crippen LogP contribution in [-0.4, -0.2) is 59.0 Å². The summed E-state index contributed by atoms with van der Waals surface area (Å²) < 4.78 is 16.3. The maximum Gasteiger partial charge on any atom is 0.254 e. The number of carbonyl (C=O) groups is 1. The fourth-order valence-corrected chi connectivity index (χ4v) is 4.34. The third-order valence-corrected chi connectivity index (χ3v) is 6.02. The Bertz CT molecular complexity index is 1100. The first-order valence-electron chi connectivity index (χ1n) is 10.9. The minimum Gasteiger partial charge on any atom is -0.368 e. The third-order valence-electron chi connectivity index (χ3n) is 6.02. The molecule has 4 rings (SSSR count). The van der Waals surface area contributed by atoms with Crippen molar-refractivity contribution >= 4 is 17.1 Å². The van der Waals surface area contributed by atoms with Gasteiger partial charge < -0.3 is 19.5 Å². The molecule has 3 aromatic rings. The van der Waals surface area contributed by atoms with Gasteiger partial charge in [-0.15, -0.1) is 0 Å². The monoisotopic (exact) mass is 423 g/mol. The molecule has 0 aliphatic carbocycles. The fraction of sp³-hybridized carbons (Fsp3) is 0.417. The highest BCUT2D eigenvalue weighted by Gasteiger charge is 2.24. The van der Waals surface area contributed by atoms with Crippen LogP contribution in [0.2, 0.25) is 0 Å². The lowest BCUT2D eigenvalue weighted by Gasteiger charge is -2.30. The number of piperazine rings is 1. The van der Waals surface area contributed by atoms with Crippen LogP contribution in [0.4, 0.5) is 10.1 Å². The SMILES string of the molecule is CCN(C(=O)c1cc(F)ccc1-c1cc(N2CCNCC2)cn2c(C)ncc12)C(C)C. The van der Waals surface area contributed by atoms with Crippen molar-refractivity contribution in [3.63, 3.8) is 0 Å². The van der Waals surface area contributed by atoms with Gasteiger partial charge in [0.05, 0.1) is 23.0 Å². The number of benzene rings is 1. The van der Waals surface area contributed by atoms with Gasteiger partial charge in [-0.05, 0) is 51.5 Å². The van der Waals surface area contributed by atoms with E-state index in [1.807, 2.05) is 33.9 Å². The normalized spacial score (nSPS) is 14.5. The molecular formula is C24H30FN5O. The summed E-state index contributed by atoms with van der Waals surface area (Å²) in [6, 6.07) is 6.64. The van der Waals surface area contributed by atoms with E-state index in [0.717, 1.165) is 54.3 Å². The Labute approximate surface area is 182 Å². The molecule has 31 heavy (non-hydrogen) atoms. The van der Waals surface area contributed by atoms with Gasteiger partial charge in [0.1, 0.15) is 11.6 Å². The predicted molar refractivity (Wildman–Crippen MR) is 122 cm³/mol. The van der Waals surface area contributed by atoms with Crippen LogP contribution in [0, 0.1) is 12.7 Å². The number of aryl methyl sites for hydroxylation is 1. The molecule has 7 heteroatoms. The first kappa shape index (κ1) is 21.3. The summed E-state index contributed by atoms with van der Waals surface area (Å²) in [6.45, 7) is 12.1. The van der Waals surface area contributed by atoms with Crippen molar-refractivity contribution in [1.29, 1.82) is 0 Å². The Hall–Kier alpha value is -2.93. The van der Waals surface area contributed by atoms with E-state index in [4.69, 9.17) is 0 Å². The maximum absolute atomic E-state index is 14.3. The van der Waals surface area contributed by atoms with Crippen molar-refractivity contribution in [2.24, 2.45) is 0 Å². The lowest BCUT2D eigenvalue weighted by atomic mass is 9.97. The number of fused-ring (bicyclic) bond motifs is 1. The number of imidazole rings is 1. The van der Waals surface area contributed by atoms with E-state index in [9.17, 15) is 9.18 Å². The molecule has 0 unspecified atom stereocenters. The van der Waals surface area contributed by atoms with Gasteiger partial charge in [0.15, 0.2) is 0 Å². The number of halogens is 1. The molecule has 1 aromatic carbocycles. The number of aromatic nitrogens is 2. The topological polar surface area (TPSA) is 52.9 Å².